The van der Waals surface area contributed by atoms with Crippen molar-refractivity contribution in [1.29, 1.82) is 0 Å². The zero-order valence-electron chi connectivity index (χ0n) is 20.6. The molecular weight excluding hydrogens is 442 g/mol. The number of benzene rings is 1. The van der Waals surface area contributed by atoms with Gasteiger partial charge in [-0.15, -0.1) is 0 Å². The molecule has 5 rings (SSSR count). The maximum Gasteiger partial charge on any atom is 0.255 e. The molecule has 0 radical (unpaired) electrons. The van der Waals surface area contributed by atoms with Gasteiger partial charge in [-0.3, -0.25) is 14.3 Å². The third-order valence-electron chi connectivity index (χ3n) is 7.35. The third kappa shape index (κ3) is 4.98. The highest BCUT2D eigenvalue weighted by atomic mass is 16.5. The molecule has 2 fully saturated rings. The molecule has 2 aromatic rings. The molecule has 1 unspecified atom stereocenters. The van der Waals surface area contributed by atoms with Gasteiger partial charge in [0.1, 0.15) is 17.9 Å². The van der Waals surface area contributed by atoms with E-state index in [1.807, 2.05) is 29.1 Å². The fourth-order valence-corrected chi connectivity index (χ4v) is 5.35. The number of piperidine rings is 1. The molecule has 2 aliphatic heterocycles. The van der Waals surface area contributed by atoms with E-state index in [4.69, 9.17) is 4.74 Å². The number of aromatic nitrogens is 2. The lowest BCUT2D eigenvalue weighted by molar-refractivity contribution is -0.126. The van der Waals surface area contributed by atoms with E-state index in [1.165, 1.54) is 12.0 Å². The van der Waals surface area contributed by atoms with Crippen LogP contribution in [0.2, 0.25) is 0 Å². The predicted molar refractivity (Wildman–Crippen MR) is 133 cm³/mol. The smallest absolute Gasteiger partial charge is 0.255 e. The van der Waals surface area contributed by atoms with Crippen LogP contribution in [0, 0.1) is 0 Å². The minimum absolute atomic E-state index is 0.0743. The van der Waals surface area contributed by atoms with Gasteiger partial charge in [-0.25, -0.2) is 0 Å². The number of allylic oxidation sites excluding steroid dienone is 1. The van der Waals surface area contributed by atoms with Gasteiger partial charge >= 0.3 is 0 Å². The number of carbonyl (C=O) groups excluding carboxylic acids is 2. The summed E-state index contributed by atoms with van der Waals surface area (Å²) >= 11 is 0. The number of carbonyl (C=O) groups is 2. The number of nitrogens with zero attached hydrogens (tertiary/aromatic N) is 3. The molecule has 3 atom stereocenters. The molecule has 8 nitrogen and oxygen atoms in total. The molecule has 3 heterocycles. The van der Waals surface area contributed by atoms with Crippen molar-refractivity contribution in [2.45, 2.75) is 89.7 Å². The summed E-state index contributed by atoms with van der Waals surface area (Å²) < 4.78 is 8.45. The monoisotopic (exact) mass is 477 g/mol. The first-order valence-electron chi connectivity index (χ1n) is 12.7. The van der Waals surface area contributed by atoms with Crippen molar-refractivity contribution in [3.63, 3.8) is 0 Å². The Kier molecular flexibility index (Phi) is 6.65. The van der Waals surface area contributed by atoms with Gasteiger partial charge in [0.15, 0.2) is 0 Å². The zero-order chi connectivity index (χ0) is 24.5. The third-order valence-corrected chi connectivity index (χ3v) is 7.35. The van der Waals surface area contributed by atoms with Crippen molar-refractivity contribution in [2.75, 3.05) is 0 Å². The summed E-state index contributed by atoms with van der Waals surface area (Å²) in [6, 6.07) is 5.88. The molecule has 0 bridgehead atoms. The van der Waals surface area contributed by atoms with Crippen molar-refractivity contribution in [2.24, 2.45) is 0 Å². The number of ether oxygens (including phenoxy) is 1. The molecule has 3 aliphatic rings. The highest BCUT2D eigenvalue weighted by molar-refractivity contribution is 6.01. The first kappa shape index (κ1) is 23.6. The molecule has 186 valence electrons. The number of nitrogens with one attached hydrogen (secondary N) is 2. The van der Waals surface area contributed by atoms with Crippen molar-refractivity contribution >= 4 is 11.8 Å². The Labute approximate surface area is 206 Å². The summed E-state index contributed by atoms with van der Waals surface area (Å²) in [6.45, 7) is 9.28. The Bertz CT molecular complexity index is 1120. The Morgan fingerprint density at radius 3 is 2.83 bits per heavy atom. The highest BCUT2D eigenvalue weighted by Gasteiger charge is 2.38. The number of hydrogen-bond donors (Lipinski definition) is 2. The lowest BCUT2D eigenvalue weighted by atomic mass is 9.92. The molecule has 1 aromatic carbocycles. The molecule has 1 saturated heterocycles. The van der Waals surface area contributed by atoms with Crippen LogP contribution < -0.4 is 15.4 Å². The lowest BCUT2D eigenvalue weighted by Gasteiger charge is -2.32. The second-order valence-corrected chi connectivity index (χ2v) is 10.2. The fourth-order valence-electron chi connectivity index (χ4n) is 5.35. The van der Waals surface area contributed by atoms with Gasteiger partial charge in [-0.1, -0.05) is 13.0 Å². The normalized spacial score (nSPS) is 24.6. The van der Waals surface area contributed by atoms with Crippen LogP contribution in [-0.4, -0.2) is 44.7 Å². The fraction of sp³-hybridized carbons (Fsp3) is 0.519. The van der Waals surface area contributed by atoms with Gasteiger partial charge in [-0.05, 0) is 69.7 Å². The average Bonchev–Trinajstić information content (AvgIpc) is 3.43. The van der Waals surface area contributed by atoms with Crippen LogP contribution in [0.15, 0.2) is 42.9 Å². The van der Waals surface area contributed by atoms with E-state index in [1.54, 1.807) is 4.90 Å². The minimum atomic E-state index is -0.447. The van der Waals surface area contributed by atoms with Gasteiger partial charge in [-0.2, -0.15) is 5.10 Å². The van der Waals surface area contributed by atoms with Crippen molar-refractivity contribution in [3.05, 3.63) is 59.6 Å². The maximum absolute atomic E-state index is 13.0. The molecule has 1 aliphatic carbocycles. The summed E-state index contributed by atoms with van der Waals surface area (Å²) in [4.78, 5) is 27.1. The number of amides is 2. The van der Waals surface area contributed by atoms with Crippen LogP contribution in [0.25, 0.3) is 0 Å². The van der Waals surface area contributed by atoms with Crippen LogP contribution in [0.5, 0.6) is 5.75 Å². The Morgan fingerprint density at radius 2 is 2.06 bits per heavy atom. The van der Waals surface area contributed by atoms with Crippen LogP contribution in [0.3, 0.4) is 0 Å². The Morgan fingerprint density at radius 1 is 1.23 bits per heavy atom. The van der Waals surface area contributed by atoms with Crippen molar-refractivity contribution < 1.29 is 14.3 Å². The largest absolute Gasteiger partial charge is 0.489 e. The van der Waals surface area contributed by atoms with E-state index < -0.39 is 6.04 Å². The summed E-state index contributed by atoms with van der Waals surface area (Å²) in [5.41, 5.74) is 3.48. The molecule has 35 heavy (non-hydrogen) atoms. The van der Waals surface area contributed by atoms with Gasteiger partial charge in [0.2, 0.25) is 5.91 Å². The van der Waals surface area contributed by atoms with Gasteiger partial charge in [0.25, 0.3) is 5.91 Å². The number of fused-ring (bicyclic) bond motifs is 1. The summed E-state index contributed by atoms with van der Waals surface area (Å²) in [5, 5.41) is 10.9. The first-order valence-corrected chi connectivity index (χ1v) is 12.7. The van der Waals surface area contributed by atoms with Crippen LogP contribution in [0.4, 0.5) is 0 Å². The van der Waals surface area contributed by atoms with Crippen molar-refractivity contribution in [1.82, 2.24) is 25.3 Å². The predicted octanol–water partition coefficient (Wildman–Crippen LogP) is 3.69. The average molecular weight is 478 g/mol. The standard InChI is InChI=1S/C27H35N5O3/c1-17(2)32-15-19(14-29-32)13-28-23-6-4-5-7-25(23)35-21-9-10-22-20(12-21)16-31(27(22)34)24-11-8-18(3)30-26(24)33/h9-10,12,14-15,17,23-25,28H,3-8,11,13,16H2,1-2H3,(H,30,33)/t23-,24?,25-/m0/s1. The second-order valence-electron chi connectivity index (χ2n) is 10.2. The van der Waals surface area contributed by atoms with Crippen LogP contribution in [0.1, 0.15) is 79.9 Å². The first-order chi connectivity index (χ1) is 16.9. The van der Waals surface area contributed by atoms with E-state index >= 15 is 0 Å². The van der Waals surface area contributed by atoms with E-state index in [0.29, 0.717) is 31.0 Å². The van der Waals surface area contributed by atoms with Crippen LogP contribution >= 0.6 is 0 Å². The summed E-state index contributed by atoms with van der Waals surface area (Å²) in [7, 11) is 0. The van der Waals surface area contributed by atoms with Gasteiger partial charge in [0, 0.05) is 48.2 Å². The zero-order valence-corrected chi connectivity index (χ0v) is 20.6. The molecule has 8 heteroatoms. The number of rotatable bonds is 7. The lowest BCUT2D eigenvalue weighted by Crippen LogP contribution is -2.49. The highest BCUT2D eigenvalue weighted by Crippen LogP contribution is 2.32. The molecule has 2 N–H and O–H groups in total. The molecule has 0 spiro atoms. The molecular formula is C27H35N5O3. The Hall–Kier alpha value is -3.13. The van der Waals surface area contributed by atoms with Crippen molar-refractivity contribution in [3.8, 4) is 5.75 Å². The molecule has 1 aromatic heterocycles. The molecule has 2 amide bonds. The SMILES string of the molecule is C=C1CCC(N2Cc3cc(O[C@H]4CCCC[C@@H]4NCc4cnn(C(C)C)c4)ccc3C2=O)C(=O)N1. The van der Waals surface area contributed by atoms with Gasteiger partial charge < -0.3 is 20.3 Å². The van der Waals surface area contributed by atoms with E-state index in [2.05, 4.69) is 42.4 Å². The summed E-state index contributed by atoms with van der Waals surface area (Å²) in [5.74, 6) is 0.554. The minimum Gasteiger partial charge on any atom is -0.489 e. The quantitative estimate of drug-likeness (QED) is 0.635. The maximum atomic E-state index is 13.0. The van der Waals surface area contributed by atoms with E-state index in [-0.39, 0.29) is 24.0 Å². The van der Waals surface area contributed by atoms with Crippen LogP contribution in [-0.2, 0) is 17.9 Å². The molecule has 1 saturated carbocycles. The number of hydrogen-bond acceptors (Lipinski definition) is 5. The Balaban J connectivity index is 1.23. The van der Waals surface area contributed by atoms with E-state index in [0.717, 1.165) is 42.8 Å². The second kappa shape index (κ2) is 9.85. The summed E-state index contributed by atoms with van der Waals surface area (Å²) in [6.07, 6.45) is 9.81. The topological polar surface area (TPSA) is 88.5 Å². The van der Waals surface area contributed by atoms with Gasteiger partial charge in [0.05, 0.1) is 6.20 Å². The van der Waals surface area contributed by atoms with E-state index in [9.17, 15) is 9.59 Å².